The van der Waals surface area contributed by atoms with Crippen LogP contribution in [0.25, 0.3) is 0 Å². The number of carbonyl (C=O) groups excluding carboxylic acids is 2. The van der Waals surface area contributed by atoms with Crippen molar-refractivity contribution in [2.24, 2.45) is 0 Å². The van der Waals surface area contributed by atoms with Gasteiger partial charge in [0.2, 0.25) is 5.67 Å². The summed E-state index contributed by atoms with van der Waals surface area (Å²) in [4.78, 5) is 32.9. The topological polar surface area (TPSA) is 73.7 Å². The average Bonchev–Trinajstić information content (AvgIpc) is 3.15. The summed E-state index contributed by atoms with van der Waals surface area (Å²) < 4.78 is 31.0. The zero-order valence-corrected chi connectivity index (χ0v) is 15.5. The summed E-state index contributed by atoms with van der Waals surface area (Å²) in [5.41, 5.74) is -4.81. The minimum absolute atomic E-state index is 0.0476. The number of alkyl halides is 2. The van der Waals surface area contributed by atoms with Crippen LogP contribution in [0.3, 0.4) is 0 Å². The molecule has 4 rings (SSSR count). The van der Waals surface area contributed by atoms with Gasteiger partial charge in [0.05, 0.1) is 31.5 Å². The molecule has 0 aliphatic carbocycles. The van der Waals surface area contributed by atoms with Gasteiger partial charge in [0, 0.05) is 9.75 Å². The van der Waals surface area contributed by atoms with E-state index in [1.165, 1.54) is 23.5 Å². The Balaban J connectivity index is 1.61. The Morgan fingerprint density at radius 1 is 1.26 bits per heavy atom. The lowest BCUT2D eigenvalue weighted by Gasteiger charge is -2.22. The van der Waals surface area contributed by atoms with Gasteiger partial charge in [-0.05, 0) is 32.0 Å². The highest BCUT2D eigenvalue weighted by molar-refractivity contribution is 7.12. The van der Waals surface area contributed by atoms with E-state index < -0.39 is 42.8 Å². The molecule has 0 spiro atoms. The van der Waals surface area contributed by atoms with Gasteiger partial charge in [-0.3, -0.25) is 9.59 Å². The van der Waals surface area contributed by atoms with Crippen LogP contribution in [0.4, 0.5) is 14.5 Å². The Bertz CT molecular complexity index is 948. The summed E-state index contributed by atoms with van der Waals surface area (Å²) in [5.74, 6) is -1.76. The molecule has 2 aromatic rings. The Labute approximate surface area is 158 Å². The second-order valence-electron chi connectivity index (χ2n) is 7.02. The Hall–Kier alpha value is -2.55. The molecule has 142 valence electrons. The molecule has 2 fully saturated rings. The number of fused-ring (bicyclic) bond motifs is 1. The first-order chi connectivity index (χ1) is 12.6. The molecule has 0 radical (unpaired) electrons. The SMILES string of the molecule is Cc1cc(N2C[C@@]3(F)CN(C(=O)c4ccc(O)cn4)C[C@@]3(F)C2=O)c(C)s1. The highest BCUT2D eigenvalue weighted by Gasteiger charge is 2.72. The Morgan fingerprint density at radius 2 is 2.00 bits per heavy atom. The fourth-order valence-corrected chi connectivity index (χ4v) is 4.68. The molecule has 2 atom stereocenters. The zero-order chi connectivity index (χ0) is 19.6. The summed E-state index contributed by atoms with van der Waals surface area (Å²) in [6, 6.07) is 4.28. The maximum Gasteiger partial charge on any atom is 0.272 e. The smallest absolute Gasteiger partial charge is 0.272 e. The minimum atomic E-state index is -2.79. The lowest BCUT2D eigenvalue weighted by Crippen LogP contribution is -2.47. The summed E-state index contributed by atoms with van der Waals surface area (Å²) in [6.07, 6.45) is 1.08. The van der Waals surface area contributed by atoms with Crippen LogP contribution in [0.1, 0.15) is 20.2 Å². The van der Waals surface area contributed by atoms with Crippen LogP contribution in [0.2, 0.25) is 0 Å². The number of hydrogen-bond acceptors (Lipinski definition) is 5. The van der Waals surface area contributed by atoms with Crippen molar-refractivity contribution in [2.45, 2.75) is 25.2 Å². The summed E-state index contributed by atoms with van der Waals surface area (Å²) >= 11 is 1.46. The molecule has 9 heteroatoms. The zero-order valence-electron chi connectivity index (χ0n) is 14.7. The number of pyridine rings is 1. The second kappa shape index (κ2) is 5.72. The van der Waals surface area contributed by atoms with E-state index in [9.17, 15) is 14.7 Å². The van der Waals surface area contributed by atoms with Gasteiger partial charge in [-0.25, -0.2) is 13.8 Å². The summed E-state index contributed by atoms with van der Waals surface area (Å²) in [6.45, 7) is 2.03. The van der Waals surface area contributed by atoms with Crippen molar-refractivity contribution in [1.82, 2.24) is 9.88 Å². The second-order valence-corrected chi connectivity index (χ2v) is 8.48. The average molecular weight is 393 g/mol. The van der Waals surface area contributed by atoms with Gasteiger partial charge in [-0.1, -0.05) is 0 Å². The highest BCUT2D eigenvalue weighted by Crippen LogP contribution is 2.48. The number of likely N-dealkylation sites (tertiary alicyclic amines) is 1. The number of thiophene rings is 1. The fraction of sp³-hybridized carbons (Fsp3) is 0.389. The lowest BCUT2D eigenvalue weighted by molar-refractivity contribution is -0.130. The monoisotopic (exact) mass is 393 g/mol. The number of rotatable bonds is 2. The predicted molar refractivity (Wildman–Crippen MR) is 95.6 cm³/mol. The molecule has 2 amide bonds. The first-order valence-corrected chi connectivity index (χ1v) is 9.17. The molecule has 4 heterocycles. The van der Waals surface area contributed by atoms with Crippen molar-refractivity contribution in [3.8, 4) is 5.75 Å². The lowest BCUT2D eigenvalue weighted by atomic mass is 9.93. The van der Waals surface area contributed by atoms with Gasteiger partial charge >= 0.3 is 0 Å². The van der Waals surface area contributed by atoms with Crippen molar-refractivity contribution >= 4 is 28.8 Å². The molecule has 0 bridgehead atoms. The molecule has 0 unspecified atom stereocenters. The normalized spacial score (nSPS) is 27.3. The molecule has 0 aromatic carbocycles. The highest BCUT2D eigenvalue weighted by atomic mass is 32.1. The van der Waals surface area contributed by atoms with E-state index in [2.05, 4.69) is 4.98 Å². The van der Waals surface area contributed by atoms with Crippen molar-refractivity contribution in [2.75, 3.05) is 24.5 Å². The maximum atomic E-state index is 15.5. The van der Waals surface area contributed by atoms with E-state index in [1.807, 2.05) is 6.92 Å². The third-order valence-corrected chi connectivity index (χ3v) is 6.07. The summed E-state index contributed by atoms with van der Waals surface area (Å²) in [5, 5.41) is 9.26. The fourth-order valence-electron chi connectivity index (χ4n) is 3.76. The van der Waals surface area contributed by atoms with Crippen molar-refractivity contribution in [3.63, 3.8) is 0 Å². The van der Waals surface area contributed by atoms with E-state index in [4.69, 9.17) is 0 Å². The molecular formula is C18H17F2N3O3S. The number of carbonyl (C=O) groups is 2. The van der Waals surface area contributed by atoms with Crippen LogP contribution in [0.15, 0.2) is 24.4 Å². The number of hydrogen-bond donors (Lipinski definition) is 1. The van der Waals surface area contributed by atoms with E-state index in [-0.39, 0.29) is 11.4 Å². The molecule has 2 saturated heterocycles. The van der Waals surface area contributed by atoms with Gasteiger partial charge in [0.15, 0.2) is 5.67 Å². The van der Waals surface area contributed by atoms with Gasteiger partial charge in [0.1, 0.15) is 11.4 Å². The number of aromatic hydroxyl groups is 1. The number of aromatic nitrogens is 1. The van der Waals surface area contributed by atoms with Crippen LogP contribution >= 0.6 is 11.3 Å². The third-order valence-electron chi connectivity index (χ3n) is 5.11. The number of halogens is 2. The predicted octanol–water partition coefficient (Wildman–Crippen LogP) is 2.38. The van der Waals surface area contributed by atoms with Crippen LogP contribution in [0.5, 0.6) is 5.75 Å². The van der Waals surface area contributed by atoms with Gasteiger partial charge in [-0.2, -0.15) is 0 Å². The molecule has 27 heavy (non-hydrogen) atoms. The first kappa shape index (κ1) is 17.8. The van der Waals surface area contributed by atoms with Crippen molar-refractivity contribution < 1.29 is 23.5 Å². The number of anilines is 1. The van der Waals surface area contributed by atoms with Gasteiger partial charge < -0.3 is 14.9 Å². The van der Waals surface area contributed by atoms with Crippen LogP contribution in [-0.2, 0) is 4.79 Å². The van der Waals surface area contributed by atoms with Crippen LogP contribution in [0, 0.1) is 13.8 Å². The molecular weight excluding hydrogens is 376 g/mol. The number of nitrogens with zero attached hydrogens (tertiary/aromatic N) is 3. The molecule has 2 aliphatic heterocycles. The Kier molecular flexibility index (Phi) is 3.78. The molecule has 6 nitrogen and oxygen atoms in total. The number of amides is 2. The van der Waals surface area contributed by atoms with E-state index >= 15 is 8.78 Å². The molecule has 2 aromatic heterocycles. The molecule has 2 aliphatic rings. The van der Waals surface area contributed by atoms with Crippen LogP contribution < -0.4 is 4.90 Å². The third kappa shape index (κ3) is 2.52. The van der Waals surface area contributed by atoms with Crippen LogP contribution in [-0.4, -0.2) is 57.8 Å². The largest absolute Gasteiger partial charge is 0.506 e. The standard InChI is InChI=1S/C18H17F2N3O3S/c1-10-5-14(11(2)27-10)23-8-17(19)7-22(9-18(17,20)16(23)26)15(25)13-4-3-12(24)6-21-13/h3-6,24H,7-9H2,1-2H3/t17-,18+/m0/s1. The van der Waals surface area contributed by atoms with Crippen molar-refractivity contribution in [3.05, 3.63) is 39.8 Å². The van der Waals surface area contributed by atoms with Crippen molar-refractivity contribution in [1.29, 1.82) is 0 Å². The van der Waals surface area contributed by atoms with Gasteiger partial charge in [0.25, 0.3) is 11.8 Å². The van der Waals surface area contributed by atoms with E-state index in [0.29, 0.717) is 5.69 Å². The summed E-state index contributed by atoms with van der Waals surface area (Å²) in [7, 11) is 0. The minimum Gasteiger partial charge on any atom is -0.506 e. The quantitative estimate of drug-likeness (QED) is 0.850. The Morgan fingerprint density at radius 3 is 2.56 bits per heavy atom. The molecule has 0 saturated carbocycles. The van der Waals surface area contributed by atoms with E-state index in [1.54, 1.807) is 13.0 Å². The van der Waals surface area contributed by atoms with Gasteiger partial charge in [-0.15, -0.1) is 11.3 Å². The molecule has 1 N–H and O–H groups in total. The number of aryl methyl sites for hydroxylation is 2. The first-order valence-electron chi connectivity index (χ1n) is 8.36. The maximum absolute atomic E-state index is 15.5. The van der Waals surface area contributed by atoms with E-state index in [0.717, 1.165) is 25.8 Å².